The molecule has 94 valence electrons. The van der Waals surface area contributed by atoms with E-state index >= 15 is 0 Å². The zero-order chi connectivity index (χ0) is 12.3. The number of benzene rings is 1. The summed E-state index contributed by atoms with van der Waals surface area (Å²) < 4.78 is 30.1. The van der Waals surface area contributed by atoms with Crippen molar-refractivity contribution < 1.29 is 18.6 Å². The van der Waals surface area contributed by atoms with Gasteiger partial charge in [0, 0.05) is 14.2 Å². The molecule has 3 nitrogen and oxygen atoms in total. The van der Waals surface area contributed by atoms with Gasteiger partial charge in [-0.2, -0.15) is 0 Å². The molecule has 0 aliphatic carbocycles. The van der Waals surface area contributed by atoms with Crippen LogP contribution in [0.2, 0.25) is 0 Å². The molecule has 0 aromatic heterocycles. The Morgan fingerprint density at radius 2 is 1.94 bits per heavy atom. The maximum atomic E-state index is 14.2. The Kier molecular flexibility index (Phi) is 4.10. The van der Waals surface area contributed by atoms with Crippen molar-refractivity contribution in [3.63, 3.8) is 0 Å². The molecule has 0 amide bonds. The molecule has 2 rings (SSSR count). The minimum Gasteiger partial charge on any atom is -0.382 e. The first-order valence-electron chi connectivity index (χ1n) is 5.64. The standard InChI is InChI=1S/C13H17FO3/c1-15-8-10-13(16-2)11(14)12(17-10)9-6-4-3-5-7-9/h3-7,10-13H,8H2,1-2H3/t10-,11+,12+,13-/m1/s1. The first-order valence-corrected chi connectivity index (χ1v) is 5.64. The molecule has 1 aliphatic heterocycles. The van der Waals surface area contributed by atoms with Gasteiger partial charge < -0.3 is 14.2 Å². The van der Waals surface area contributed by atoms with E-state index in [4.69, 9.17) is 14.2 Å². The molecular formula is C13H17FO3. The quantitative estimate of drug-likeness (QED) is 0.807. The fourth-order valence-corrected chi connectivity index (χ4v) is 2.20. The molecule has 1 aromatic carbocycles. The van der Waals surface area contributed by atoms with Gasteiger partial charge in [-0.25, -0.2) is 4.39 Å². The highest BCUT2D eigenvalue weighted by Crippen LogP contribution is 2.36. The largest absolute Gasteiger partial charge is 0.382 e. The molecular weight excluding hydrogens is 223 g/mol. The van der Waals surface area contributed by atoms with Crippen molar-refractivity contribution in [2.24, 2.45) is 0 Å². The van der Waals surface area contributed by atoms with Gasteiger partial charge in [0.05, 0.1) is 6.61 Å². The van der Waals surface area contributed by atoms with Gasteiger partial charge in [-0.1, -0.05) is 30.3 Å². The second-order valence-electron chi connectivity index (χ2n) is 4.11. The highest BCUT2D eigenvalue weighted by Gasteiger charge is 2.45. The van der Waals surface area contributed by atoms with Gasteiger partial charge in [0.2, 0.25) is 0 Å². The van der Waals surface area contributed by atoms with E-state index in [2.05, 4.69) is 0 Å². The van der Waals surface area contributed by atoms with Crippen molar-refractivity contribution in [1.29, 1.82) is 0 Å². The SMILES string of the molecule is COC[C@H]1O[C@@H](c2ccccc2)[C@H](F)[C@@H]1OC. The van der Waals surface area contributed by atoms with Gasteiger partial charge in [0.25, 0.3) is 0 Å². The van der Waals surface area contributed by atoms with Crippen LogP contribution < -0.4 is 0 Å². The fourth-order valence-electron chi connectivity index (χ4n) is 2.20. The third kappa shape index (κ3) is 2.49. The summed E-state index contributed by atoms with van der Waals surface area (Å²) in [7, 11) is 3.07. The number of rotatable bonds is 4. The molecule has 0 N–H and O–H groups in total. The first-order chi connectivity index (χ1) is 8.27. The van der Waals surface area contributed by atoms with Crippen LogP contribution in [0.4, 0.5) is 4.39 Å². The van der Waals surface area contributed by atoms with Crippen LogP contribution in [0.25, 0.3) is 0 Å². The number of hydrogen-bond acceptors (Lipinski definition) is 3. The minimum atomic E-state index is -1.16. The summed E-state index contributed by atoms with van der Waals surface area (Å²) in [6.07, 6.45) is -2.66. The summed E-state index contributed by atoms with van der Waals surface area (Å²) in [5.74, 6) is 0. The number of hydrogen-bond donors (Lipinski definition) is 0. The fraction of sp³-hybridized carbons (Fsp3) is 0.538. The van der Waals surface area contributed by atoms with Crippen LogP contribution in [-0.4, -0.2) is 39.2 Å². The summed E-state index contributed by atoms with van der Waals surface area (Å²) in [4.78, 5) is 0. The predicted octanol–water partition coefficient (Wildman–Crippen LogP) is 2.13. The van der Waals surface area contributed by atoms with Crippen LogP contribution in [0.5, 0.6) is 0 Å². The first kappa shape index (κ1) is 12.5. The smallest absolute Gasteiger partial charge is 0.159 e. The van der Waals surface area contributed by atoms with E-state index < -0.39 is 18.4 Å². The van der Waals surface area contributed by atoms with Crippen molar-refractivity contribution in [1.82, 2.24) is 0 Å². The predicted molar refractivity (Wildman–Crippen MR) is 61.6 cm³/mol. The summed E-state index contributed by atoms with van der Waals surface area (Å²) in [6, 6.07) is 9.36. The molecule has 1 fully saturated rings. The zero-order valence-electron chi connectivity index (χ0n) is 10.0. The van der Waals surface area contributed by atoms with E-state index in [0.717, 1.165) is 5.56 Å². The topological polar surface area (TPSA) is 27.7 Å². The number of alkyl halides is 1. The number of ether oxygens (including phenoxy) is 3. The lowest BCUT2D eigenvalue weighted by Crippen LogP contribution is -2.32. The Hall–Kier alpha value is -0.970. The van der Waals surface area contributed by atoms with Crippen LogP contribution in [0.3, 0.4) is 0 Å². The van der Waals surface area contributed by atoms with Gasteiger partial charge in [-0.15, -0.1) is 0 Å². The van der Waals surface area contributed by atoms with Crippen molar-refractivity contribution in [3.8, 4) is 0 Å². The molecule has 0 saturated carbocycles. The molecule has 0 radical (unpaired) electrons. The van der Waals surface area contributed by atoms with Crippen LogP contribution in [0, 0.1) is 0 Å². The van der Waals surface area contributed by atoms with Crippen molar-refractivity contribution >= 4 is 0 Å². The zero-order valence-corrected chi connectivity index (χ0v) is 10.0. The van der Waals surface area contributed by atoms with E-state index in [-0.39, 0.29) is 6.10 Å². The Bertz CT molecular complexity index is 344. The van der Waals surface area contributed by atoms with Crippen LogP contribution in [0.1, 0.15) is 11.7 Å². The monoisotopic (exact) mass is 240 g/mol. The van der Waals surface area contributed by atoms with Crippen LogP contribution in [0.15, 0.2) is 30.3 Å². The second-order valence-corrected chi connectivity index (χ2v) is 4.11. The lowest BCUT2D eigenvalue weighted by Gasteiger charge is -2.16. The molecule has 1 aliphatic rings. The van der Waals surface area contributed by atoms with Gasteiger partial charge >= 0.3 is 0 Å². The average Bonchev–Trinajstić information content (AvgIpc) is 2.67. The third-order valence-electron chi connectivity index (χ3n) is 3.02. The van der Waals surface area contributed by atoms with E-state index in [9.17, 15) is 4.39 Å². The van der Waals surface area contributed by atoms with Crippen LogP contribution in [-0.2, 0) is 14.2 Å². The molecule has 1 heterocycles. The van der Waals surface area contributed by atoms with E-state index in [1.165, 1.54) is 7.11 Å². The Balaban J connectivity index is 2.15. The molecule has 0 spiro atoms. The molecule has 1 saturated heterocycles. The summed E-state index contributed by atoms with van der Waals surface area (Å²) in [5.41, 5.74) is 0.834. The molecule has 4 heteroatoms. The molecule has 0 bridgehead atoms. The van der Waals surface area contributed by atoms with Gasteiger partial charge in [-0.05, 0) is 5.56 Å². The van der Waals surface area contributed by atoms with E-state index in [1.54, 1.807) is 7.11 Å². The van der Waals surface area contributed by atoms with Crippen molar-refractivity contribution in [2.75, 3.05) is 20.8 Å². The number of methoxy groups -OCH3 is 2. The lowest BCUT2D eigenvalue weighted by molar-refractivity contribution is -0.0449. The second kappa shape index (κ2) is 5.58. The Morgan fingerprint density at radius 1 is 1.24 bits per heavy atom. The highest BCUT2D eigenvalue weighted by atomic mass is 19.1. The molecule has 0 unspecified atom stereocenters. The maximum Gasteiger partial charge on any atom is 0.159 e. The van der Waals surface area contributed by atoms with E-state index in [1.807, 2.05) is 30.3 Å². The van der Waals surface area contributed by atoms with Crippen molar-refractivity contribution in [3.05, 3.63) is 35.9 Å². The highest BCUT2D eigenvalue weighted by molar-refractivity contribution is 5.20. The summed E-state index contributed by atoms with van der Waals surface area (Å²) >= 11 is 0. The average molecular weight is 240 g/mol. The van der Waals surface area contributed by atoms with E-state index in [0.29, 0.717) is 6.61 Å². The minimum absolute atomic E-state index is 0.336. The number of halogens is 1. The third-order valence-corrected chi connectivity index (χ3v) is 3.02. The Morgan fingerprint density at radius 3 is 2.53 bits per heavy atom. The normalized spacial score (nSPS) is 32.9. The summed E-state index contributed by atoms with van der Waals surface area (Å²) in [6.45, 7) is 0.336. The lowest BCUT2D eigenvalue weighted by atomic mass is 10.0. The molecule has 4 atom stereocenters. The molecule has 1 aromatic rings. The van der Waals surface area contributed by atoms with Crippen LogP contribution >= 0.6 is 0 Å². The Labute approximate surface area is 100 Å². The molecule has 17 heavy (non-hydrogen) atoms. The maximum absolute atomic E-state index is 14.2. The van der Waals surface area contributed by atoms with Gasteiger partial charge in [0.15, 0.2) is 6.17 Å². The van der Waals surface area contributed by atoms with Gasteiger partial charge in [0.1, 0.15) is 18.3 Å². The summed E-state index contributed by atoms with van der Waals surface area (Å²) in [5, 5.41) is 0. The van der Waals surface area contributed by atoms with Gasteiger partial charge in [-0.3, -0.25) is 0 Å². The van der Waals surface area contributed by atoms with Crippen molar-refractivity contribution in [2.45, 2.75) is 24.5 Å².